The summed E-state index contributed by atoms with van der Waals surface area (Å²) in [5.74, 6) is 0. The van der Waals surface area contributed by atoms with E-state index in [-0.39, 0.29) is 28.4 Å². The monoisotopic (exact) mass is 185 g/mol. The normalized spacial score (nSPS) is 13.1. The Morgan fingerprint density at radius 2 is 2.56 bits per heavy atom. The minimum absolute atomic E-state index is 0.113. The van der Waals surface area contributed by atoms with Crippen LogP contribution in [0.3, 0.4) is 0 Å². The largest absolute Gasteiger partial charge is 0.262 e. The fraction of sp³-hybridized carbons (Fsp3) is 0. The Morgan fingerprint density at radius 3 is 3.22 bits per heavy atom. The van der Waals surface area contributed by atoms with E-state index in [4.69, 9.17) is 9.37 Å². The van der Waals surface area contributed by atoms with Crippen LogP contribution in [0, 0.1) is 11.3 Å². The summed E-state index contributed by atoms with van der Waals surface area (Å²) in [5.41, 5.74) is -0.113. The van der Waals surface area contributed by atoms with Crippen molar-refractivity contribution in [3.05, 3.63) is 28.4 Å². The predicted octanol–water partition coefficient (Wildman–Crippen LogP) is 1.72. The second-order valence-corrected chi connectivity index (χ2v) is 2.05. The Labute approximate surface area is 65.5 Å². The number of aromatic nitrogens is 1. The summed E-state index contributed by atoms with van der Waals surface area (Å²) in [6.45, 7) is 0. The van der Waals surface area contributed by atoms with Gasteiger partial charge in [0.05, 0.1) is 9.68 Å². The maximum atomic E-state index is 8.50. The molecule has 0 fully saturated rings. The zero-order valence-electron chi connectivity index (χ0n) is 7.27. The van der Waals surface area contributed by atoms with Crippen LogP contribution in [0.2, 0.25) is 0 Å². The van der Waals surface area contributed by atoms with E-state index in [0.29, 0.717) is 0 Å². The van der Waals surface area contributed by atoms with E-state index in [0.717, 1.165) is 0 Å². The molecule has 0 radical (unpaired) electrons. The number of halogens is 1. The van der Waals surface area contributed by atoms with Crippen LogP contribution in [0.25, 0.3) is 0 Å². The van der Waals surface area contributed by atoms with Gasteiger partial charge in [-0.25, -0.2) is 0 Å². The van der Waals surface area contributed by atoms with E-state index in [1.54, 1.807) is 6.07 Å². The van der Waals surface area contributed by atoms with Crippen molar-refractivity contribution in [2.75, 3.05) is 0 Å². The number of nitrogens with zero attached hydrogens (tertiary/aromatic N) is 2. The van der Waals surface area contributed by atoms with Gasteiger partial charge in [-0.1, -0.05) is 0 Å². The van der Waals surface area contributed by atoms with E-state index >= 15 is 0 Å². The van der Waals surface area contributed by atoms with Gasteiger partial charge in [-0.15, -0.1) is 0 Å². The van der Waals surface area contributed by atoms with Crippen molar-refractivity contribution in [3.63, 3.8) is 0 Å². The minimum Gasteiger partial charge on any atom is -0.262 e. The molecule has 1 aromatic heterocycles. The Kier molecular flexibility index (Phi) is 0.963. The molecule has 3 heteroatoms. The molecule has 9 heavy (non-hydrogen) atoms. The Bertz CT molecular complexity index is 372. The van der Waals surface area contributed by atoms with Gasteiger partial charge in [0.25, 0.3) is 0 Å². The van der Waals surface area contributed by atoms with Gasteiger partial charge in [-0.2, -0.15) is 5.26 Å². The predicted molar refractivity (Wildman–Crippen MR) is 36.7 cm³/mol. The summed E-state index contributed by atoms with van der Waals surface area (Å²) in [4.78, 5) is 3.45. The van der Waals surface area contributed by atoms with Gasteiger partial charge in [0.1, 0.15) is 6.07 Å². The lowest BCUT2D eigenvalue weighted by Crippen LogP contribution is -1.75. The van der Waals surface area contributed by atoms with Crippen molar-refractivity contribution in [2.45, 2.75) is 0 Å². The SMILES string of the molecule is [2H]c1nc([2H])c(C#N)c([2H])c1Br. The summed E-state index contributed by atoms with van der Waals surface area (Å²) in [5, 5.41) is 8.50. The fourth-order valence-electron chi connectivity index (χ4n) is 0.352. The maximum absolute atomic E-state index is 8.50. The molecular weight excluding hydrogens is 180 g/mol. The van der Waals surface area contributed by atoms with Crippen molar-refractivity contribution in [1.82, 2.24) is 4.98 Å². The molecule has 0 bridgehead atoms. The van der Waals surface area contributed by atoms with Gasteiger partial charge in [-0.05, 0) is 22.0 Å². The lowest BCUT2D eigenvalue weighted by atomic mass is 10.3. The summed E-state index contributed by atoms with van der Waals surface area (Å²) >= 11 is 2.93. The molecule has 0 aliphatic heterocycles. The standard InChI is InChI=1S/C6H3BrN2/c7-6-1-5(2-8)3-9-4-6/h1,3-4H/i1D,3D,4D. The van der Waals surface area contributed by atoms with Crippen molar-refractivity contribution in [1.29, 1.82) is 5.26 Å². The Morgan fingerprint density at radius 1 is 1.78 bits per heavy atom. The molecule has 44 valence electrons. The number of rotatable bonds is 0. The molecule has 0 atom stereocenters. The number of hydrogen-bond acceptors (Lipinski definition) is 2. The molecule has 0 aliphatic carbocycles. The summed E-state index contributed by atoms with van der Waals surface area (Å²) < 4.78 is 21.8. The fourth-order valence-corrected chi connectivity index (χ4v) is 0.638. The molecule has 1 heterocycles. The van der Waals surface area contributed by atoms with Crippen LogP contribution in [0.4, 0.5) is 0 Å². The van der Waals surface area contributed by atoms with Gasteiger partial charge in [0.15, 0.2) is 0 Å². The van der Waals surface area contributed by atoms with Gasteiger partial charge in [0, 0.05) is 16.8 Å². The Balaban J connectivity index is 3.54. The van der Waals surface area contributed by atoms with Gasteiger partial charge in [-0.3, -0.25) is 4.98 Å². The van der Waals surface area contributed by atoms with Gasteiger partial charge in [0.2, 0.25) is 0 Å². The average molecular weight is 186 g/mol. The van der Waals surface area contributed by atoms with Gasteiger partial charge < -0.3 is 0 Å². The quantitative estimate of drug-likeness (QED) is 0.618. The molecule has 0 saturated carbocycles. The Hall–Kier alpha value is -0.880. The third kappa shape index (κ3) is 1.51. The molecular formula is C6H3BrN2. The first-order valence-corrected chi connectivity index (χ1v) is 2.90. The van der Waals surface area contributed by atoms with Crippen LogP contribution in [-0.2, 0) is 0 Å². The second-order valence-electron chi connectivity index (χ2n) is 1.26. The molecule has 1 aromatic rings. The summed E-state index contributed by atoms with van der Waals surface area (Å²) in [7, 11) is 0. The van der Waals surface area contributed by atoms with Crippen LogP contribution >= 0.6 is 15.9 Å². The molecule has 0 aromatic carbocycles. The van der Waals surface area contributed by atoms with Crippen molar-refractivity contribution in [3.8, 4) is 6.07 Å². The summed E-state index contributed by atoms with van der Waals surface area (Å²) in [6, 6.07) is 1.53. The maximum Gasteiger partial charge on any atom is 0.101 e. The lowest BCUT2D eigenvalue weighted by Gasteiger charge is -1.86. The summed E-state index contributed by atoms with van der Waals surface area (Å²) in [6.07, 6.45) is -0.514. The highest BCUT2D eigenvalue weighted by molar-refractivity contribution is 9.10. The van der Waals surface area contributed by atoms with Crippen LogP contribution in [0.15, 0.2) is 22.9 Å². The highest BCUT2D eigenvalue weighted by Gasteiger charge is 1.88. The highest BCUT2D eigenvalue weighted by Crippen LogP contribution is 2.07. The van der Waals surface area contributed by atoms with Crippen molar-refractivity contribution >= 4 is 15.9 Å². The molecule has 0 amide bonds. The third-order valence-corrected chi connectivity index (χ3v) is 1.04. The first-order chi connectivity index (χ1) is 5.57. The van der Waals surface area contributed by atoms with Crippen LogP contribution in [0.5, 0.6) is 0 Å². The van der Waals surface area contributed by atoms with Crippen molar-refractivity contribution < 1.29 is 4.11 Å². The first-order valence-electron chi connectivity index (χ1n) is 3.61. The molecule has 0 N–H and O–H groups in total. The molecule has 0 spiro atoms. The third-order valence-electron chi connectivity index (χ3n) is 0.668. The molecule has 0 unspecified atom stereocenters. The van der Waals surface area contributed by atoms with Crippen LogP contribution in [0.1, 0.15) is 9.68 Å². The van der Waals surface area contributed by atoms with Crippen molar-refractivity contribution in [2.24, 2.45) is 0 Å². The van der Waals surface area contributed by atoms with E-state index in [1.165, 1.54) is 0 Å². The van der Waals surface area contributed by atoms with E-state index in [9.17, 15) is 0 Å². The minimum atomic E-state index is -0.323. The second kappa shape index (κ2) is 2.60. The molecule has 0 saturated heterocycles. The topological polar surface area (TPSA) is 36.7 Å². The number of hydrogen-bond donors (Lipinski definition) is 0. The number of nitriles is 1. The van der Waals surface area contributed by atoms with Crippen LogP contribution in [-0.4, -0.2) is 4.98 Å². The zero-order valence-corrected chi connectivity index (χ0v) is 5.86. The van der Waals surface area contributed by atoms with Gasteiger partial charge >= 0.3 is 0 Å². The molecule has 0 aliphatic rings. The van der Waals surface area contributed by atoms with E-state index < -0.39 is 0 Å². The van der Waals surface area contributed by atoms with E-state index in [2.05, 4.69) is 20.9 Å². The zero-order chi connectivity index (χ0) is 9.30. The number of pyridine rings is 1. The molecule has 2 nitrogen and oxygen atoms in total. The lowest BCUT2D eigenvalue weighted by molar-refractivity contribution is 1.28. The smallest absolute Gasteiger partial charge is 0.101 e. The first kappa shape index (κ1) is 3.33. The van der Waals surface area contributed by atoms with E-state index in [1.807, 2.05) is 0 Å². The highest BCUT2D eigenvalue weighted by atomic mass is 79.9. The molecule has 1 rings (SSSR count). The average Bonchev–Trinajstić information content (AvgIpc) is 2.01. The van der Waals surface area contributed by atoms with Crippen LogP contribution < -0.4 is 0 Å².